The van der Waals surface area contributed by atoms with Gasteiger partial charge in [0.1, 0.15) is 10.8 Å². The third-order valence-corrected chi connectivity index (χ3v) is 6.96. The van der Waals surface area contributed by atoms with Crippen molar-refractivity contribution in [3.63, 3.8) is 0 Å². The Labute approximate surface area is 208 Å². The molecule has 3 heterocycles. The molecule has 35 heavy (non-hydrogen) atoms. The fraction of sp³-hybridized carbons (Fsp3) is 0.346. The topological polar surface area (TPSA) is 84.0 Å². The Balaban J connectivity index is 1.25. The molecule has 0 unspecified atom stereocenters. The highest BCUT2D eigenvalue weighted by molar-refractivity contribution is 7.09. The number of carbonyl (C=O) groups excluding carboxylic acids is 2. The van der Waals surface area contributed by atoms with E-state index in [2.05, 4.69) is 10.2 Å². The third-order valence-electron chi connectivity index (χ3n) is 6.06. The van der Waals surface area contributed by atoms with Crippen LogP contribution in [0.4, 0.5) is 11.4 Å². The normalized spacial score (nSPS) is 17.5. The first-order valence-corrected chi connectivity index (χ1v) is 12.6. The summed E-state index contributed by atoms with van der Waals surface area (Å²) in [5.41, 5.74) is 3.72. The van der Waals surface area contributed by atoms with E-state index in [0.717, 1.165) is 27.6 Å². The summed E-state index contributed by atoms with van der Waals surface area (Å²) in [6, 6.07) is 15.5. The Hall–Kier alpha value is -3.43. The van der Waals surface area contributed by atoms with E-state index in [9.17, 15) is 9.59 Å². The molecule has 2 aliphatic rings. The highest BCUT2D eigenvalue weighted by Gasteiger charge is 2.34. The van der Waals surface area contributed by atoms with Crippen LogP contribution in [0.25, 0.3) is 0 Å². The van der Waals surface area contributed by atoms with Crippen LogP contribution in [0.2, 0.25) is 0 Å². The summed E-state index contributed by atoms with van der Waals surface area (Å²) in [7, 11) is 0. The molecule has 1 fully saturated rings. The lowest BCUT2D eigenvalue weighted by molar-refractivity contribution is -0.142. The molecule has 0 saturated carbocycles. The monoisotopic (exact) mass is 492 g/mol. The predicted molar refractivity (Wildman–Crippen MR) is 135 cm³/mol. The zero-order chi connectivity index (χ0) is 24.2. The van der Waals surface area contributed by atoms with Gasteiger partial charge >= 0.3 is 0 Å². The average Bonchev–Trinajstić information content (AvgIpc) is 3.31. The second kappa shape index (κ2) is 10.5. The summed E-state index contributed by atoms with van der Waals surface area (Å²) >= 11 is 1.47. The Morgan fingerprint density at radius 1 is 1.11 bits per heavy atom. The number of hydrogen-bond donors (Lipinski definition) is 1. The number of amides is 2. The van der Waals surface area contributed by atoms with Gasteiger partial charge in [-0.25, -0.2) is 4.98 Å². The van der Waals surface area contributed by atoms with Crippen molar-refractivity contribution >= 4 is 34.5 Å². The molecule has 182 valence electrons. The summed E-state index contributed by atoms with van der Waals surface area (Å²) in [4.78, 5) is 34.2. The number of carbonyl (C=O) groups is 2. The van der Waals surface area contributed by atoms with Crippen molar-refractivity contribution in [2.75, 3.05) is 43.1 Å². The van der Waals surface area contributed by atoms with Gasteiger partial charge in [0.25, 0.3) is 5.91 Å². The maximum absolute atomic E-state index is 13.1. The molecule has 1 N–H and O–H groups in total. The summed E-state index contributed by atoms with van der Waals surface area (Å²) < 4.78 is 11.5. The first kappa shape index (κ1) is 23.3. The molecule has 1 atom stereocenters. The Morgan fingerprint density at radius 3 is 2.69 bits per heavy atom. The number of rotatable bonds is 6. The van der Waals surface area contributed by atoms with Crippen LogP contribution in [-0.4, -0.2) is 60.7 Å². The molecule has 2 amide bonds. The van der Waals surface area contributed by atoms with Crippen LogP contribution < -0.4 is 15.0 Å². The van der Waals surface area contributed by atoms with Crippen LogP contribution >= 0.6 is 11.3 Å². The molecule has 9 heteroatoms. The summed E-state index contributed by atoms with van der Waals surface area (Å²) in [6.45, 7) is 5.25. The minimum Gasteiger partial charge on any atom is -0.477 e. The fourth-order valence-corrected chi connectivity index (χ4v) is 5.03. The van der Waals surface area contributed by atoms with Crippen molar-refractivity contribution in [1.82, 2.24) is 9.88 Å². The van der Waals surface area contributed by atoms with E-state index in [1.807, 2.05) is 65.7 Å². The van der Waals surface area contributed by atoms with E-state index >= 15 is 0 Å². The molecule has 0 radical (unpaired) electrons. The molecule has 0 bridgehead atoms. The van der Waals surface area contributed by atoms with Gasteiger partial charge < -0.3 is 24.6 Å². The number of aromatic nitrogens is 1. The van der Waals surface area contributed by atoms with Crippen LogP contribution in [0.1, 0.15) is 16.3 Å². The van der Waals surface area contributed by atoms with Gasteiger partial charge in [-0.15, -0.1) is 11.3 Å². The quantitative estimate of drug-likeness (QED) is 0.569. The standard InChI is InChI=1S/C26H28N4O4S/c1-18-6-8-19(9-7-18)27-24(31)14-25-28-20(17-35-25)15-30-16-23(26(32)29-10-12-33-13-11-29)34-22-5-3-2-4-21(22)30/h2-9,17,23H,10-16H2,1H3,(H,27,31)/t23-/m1/s1. The van der Waals surface area contributed by atoms with Crippen LogP contribution in [-0.2, 0) is 27.3 Å². The molecule has 2 aliphatic heterocycles. The second-order valence-corrected chi connectivity index (χ2v) is 9.66. The van der Waals surface area contributed by atoms with E-state index in [1.165, 1.54) is 11.3 Å². The molecular weight excluding hydrogens is 464 g/mol. The van der Waals surface area contributed by atoms with Gasteiger partial charge in [-0.3, -0.25) is 9.59 Å². The van der Waals surface area contributed by atoms with Gasteiger partial charge in [-0.2, -0.15) is 0 Å². The molecule has 1 saturated heterocycles. The van der Waals surface area contributed by atoms with Crippen molar-refractivity contribution in [3.8, 4) is 5.75 Å². The number of nitrogens with zero attached hydrogens (tertiary/aromatic N) is 3. The van der Waals surface area contributed by atoms with Crippen LogP contribution in [0.5, 0.6) is 5.75 Å². The predicted octanol–water partition coefficient (Wildman–Crippen LogP) is 3.26. The van der Waals surface area contributed by atoms with Crippen LogP contribution in [0.15, 0.2) is 53.9 Å². The summed E-state index contributed by atoms with van der Waals surface area (Å²) in [6.07, 6.45) is -0.363. The molecule has 0 spiro atoms. The number of nitrogens with one attached hydrogen (secondary N) is 1. The fourth-order valence-electron chi connectivity index (χ4n) is 4.25. The Morgan fingerprint density at radius 2 is 1.89 bits per heavy atom. The van der Waals surface area contributed by atoms with Gasteiger partial charge in [0, 0.05) is 24.2 Å². The van der Waals surface area contributed by atoms with Gasteiger partial charge in [0.15, 0.2) is 6.10 Å². The van der Waals surface area contributed by atoms with E-state index in [0.29, 0.717) is 45.1 Å². The van der Waals surface area contributed by atoms with Crippen molar-refractivity contribution in [2.45, 2.75) is 26.0 Å². The number of ether oxygens (including phenoxy) is 2. The van der Waals surface area contributed by atoms with Gasteiger partial charge in [0.05, 0.1) is 44.1 Å². The first-order chi connectivity index (χ1) is 17.0. The number of hydrogen-bond acceptors (Lipinski definition) is 7. The lowest BCUT2D eigenvalue weighted by Gasteiger charge is -2.38. The number of aryl methyl sites for hydroxylation is 1. The van der Waals surface area contributed by atoms with Crippen LogP contribution in [0.3, 0.4) is 0 Å². The lowest BCUT2D eigenvalue weighted by Crippen LogP contribution is -2.52. The molecule has 1 aromatic heterocycles. The van der Waals surface area contributed by atoms with Crippen molar-refractivity contribution in [3.05, 3.63) is 70.2 Å². The summed E-state index contributed by atoms with van der Waals surface area (Å²) in [5.74, 6) is 0.584. The van der Waals surface area contributed by atoms with E-state index in [4.69, 9.17) is 14.5 Å². The molecular formula is C26H28N4O4S. The average molecular weight is 493 g/mol. The number of fused-ring (bicyclic) bond motifs is 1. The van der Waals surface area contributed by atoms with Crippen molar-refractivity contribution in [1.29, 1.82) is 0 Å². The minimum absolute atomic E-state index is 0.0143. The molecule has 2 aromatic carbocycles. The second-order valence-electron chi connectivity index (χ2n) is 8.72. The number of para-hydroxylation sites is 2. The highest BCUT2D eigenvalue weighted by Crippen LogP contribution is 2.34. The van der Waals surface area contributed by atoms with Crippen molar-refractivity contribution < 1.29 is 19.1 Å². The molecule has 3 aromatic rings. The smallest absolute Gasteiger partial charge is 0.265 e. The Bertz CT molecular complexity index is 1190. The first-order valence-electron chi connectivity index (χ1n) is 11.7. The highest BCUT2D eigenvalue weighted by atomic mass is 32.1. The molecule has 8 nitrogen and oxygen atoms in total. The summed E-state index contributed by atoms with van der Waals surface area (Å²) in [5, 5.41) is 5.65. The van der Waals surface area contributed by atoms with Gasteiger partial charge in [-0.05, 0) is 31.2 Å². The number of benzene rings is 2. The van der Waals surface area contributed by atoms with Gasteiger partial charge in [-0.1, -0.05) is 29.8 Å². The maximum Gasteiger partial charge on any atom is 0.265 e. The molecule has 0 aliphatic carbocycles. The van der Waals surface area contributed by atoms with Crippen LogP contribution in [0, 0.1) is 6.92 Å². The number of thiazole rings is 1. The van der Waals surface area contributed by atoms with Crippen molar-refractivity contribution in [2.24, 2.45) is 0 Å². The largest absolute Gasteiger partial charge is 0.477 e. The number of morpholine rings is 1. The molecule has 5 rings (SSSR count). The lowest BCUT2D eigenvalue weighted by atomic mass is 10.1. The minimum atomic E-state index is -0.582. The zero-order valence-corrected chi connectivity index (χ0v) is 20.4. The van der Waals surface area contributed by atoms with E-state index in [-0.39, 0.29) is 18.2 Å². The SMILES string of the molecule is Cc1ccc(NC(=O)Cc2nc(CN3C[C@H](C(=O)N4CCOCC4)Oc4ccccc43)cs2)cc1. The van der Waals surface area contributed by atoms with Gasteiger partial charge in [0.2, 0.25) is 5.91 Å². The number of anilines is 2. The Kier molecular flexibility index (Phi) is 6.96. The maximum atomic E-state index is 13.1. The van der Waals surface area contributed by atoms with E-state index in [1.54, 1.807) is 0 Å². The zero-order valence-electron chi connectivity index (χ0n) is 19.6. The van der Waals surface area contributed by atoms with E-state index < -0.39 is 6.10 Å². The third kappa shape index (κ3) is 5.63.